The van der Waals surface area contributed by atoms with Crippen LogP contribution in [-0.2, 0) is 4.79 Å². The van der Waals surface area contributed by atoms with Crippen molar-refractivity contribution >= 4 is 5.91 Å². The fourth-order valence-corrected chi connectivity index (χ4v) is 6.36. The van der Waals surface area contributed by atoms with Crippen molar-refractivity contribution in [1.82, 2.24) is 5.32 Å². The number of rotatable bonds is 4. The highest BCUT2D eigenvalue weighted by molar-refractivity contribution is 5.83. The Hall–Kier alpha value is -2.09. The zero-order valence-corrected chi connectivity index (χ0v) is 16.9. The summed E-state index contributed by atoms with van der Waals surface area (Å²) in [6.07, 6.45) is 8.38. The molecule has 0 radical (unpaired) electrons. The molecular formula is C26H31NO. The standard InChI is InChI=1S/C26H31NO/c1-2-10-22-23-18-13-6-8-15-20(18)24(21-16-9-7-14-19(21)23)25(22)26(28)27-17-11-4-3-5-12-17/h6-9,13-17,22-25H,2-5,10-12H2,1H3,(H,27,28)/t22-,23?,24?,25+/m1/s1. The summed E-state index contributed by atoms with van der Waals surface area (Å²) in [6.45, 7) is 2.26. The summed E-state index contributed by atoms with van der Waals surface area (Å²) in [6, 6.07) is 18.2. The van der Waals surface area contributed by atoms with E-state index in [0.717, 1.165) is 25.7 Å². The van der Waals surface area contributed by atoms with Gasteiger partial charge in [0.25, 0.3) is 0 Å². The summed E-state index contributed by atoms with van der Waals surface area (Å²) in [5, 5.41) is 3.48. The van der Waals surface area contributed by atoms with Gasteiger partial charge in [0.1, 0.15) is 0 Å². The molecule has 2 aromatic carbocycles. The number of carbonyl (C=O) groups excluding carboxylic acids is 1. The van der Waals surface area contributed by atoms with Crippen LogP contribution >= 0.6 is 0 Å². The lowest BCUT2D eigenvalue weighted by molar-refractivity contribution is -0.129. The molecule has 2 heteroatoms. The van der Waals surface area contributed by atoms with Crippen LogP contribution in [0.5, 0.6) is 0 Å². The first-order valence-corrected chi connectivity index (χ1v) is 11.3. The average Bonchev–Trinajstić information content (AvgIpc) is 2.74. The molecule has 1 fully saturated rings. The molecule has 0 unspecified atom stereocenters. The molecule has 1 N–H and O–H groups in total. The van der Waals surface area contributed by atoms with E-state index in [2.05, 4.69) is 60.8 Å². The van der Waals surface area contributed by atoms with Gasteiger partial charge >= 0.3 is 0 Å². The molecular weight excluding hydrogens is 342 g/mol. The minimum absolute atomic E-state index is 0.0664. The summed E-state index contributed by atoms with van der Waals surface area (Å²) >= 11 is 0. The van der Waals surface area contributed by atoms with Gasteiger partial charge in [-0.2, -0.15) is 0 Å². The monoisotopic (exact) mass is 373 g/mol. The molecule has 4 aliphatic carbocycles. The second-order valence-corrected chi connectivity index (χ2v) is 9.04. The van der Waals surface area contributed by atoms with Crippen LogP contribution < -0.4 is 5.32 Å². The number of fused-ring (bicyclic) bond motifs is 1. The highest BCUT2D eigenvalue weighted by Crippen LogP contribution is 2.59. The fraction of sp³-hybridized carbons (Fsp3) is 0.500. The normalized spacial score (nSPS) is 28.5. The van der Waals surface area contributed by atoms with Crippen molar-refractivity contribution in [2.75, 3.05) is 0 Å². The van der Waals surface area contributed by atoms with Crippen LogP contribution in [0.4, 0.5) is 0 Å². The van der Waals surface area contributed by atoms with E-state index in [4.69, 9.17) is 0 Å². The van der Waals surface area contributed by atoms with Crippen molar-refractivity contribution in [2.45, 2.75) is 69.7 Å². The van der Waals surface area contributed by atoms with Crippen LogP contribution in [0.25, 0.3) is 0 Å². The molecule has 146 valence electrons. The van der Waals surface area contributed by atoms with Crippen LogP contribution in [0.1, 0.15) is 86.0 Å². The minimum Gasteiger partial charge on any atom is -0.353 e. The third-order valence-electron chi connectivity index (χ3n) is 7.46. The zero-order valence-electron chi connectivity index (χ0n) is 16.9. The molecule has 0 heterocycles. The maximum atomic E-state index is 13.6. The van der Waals surface area contributed by atoms with Crippen molar-refractivity contribution in [1.29, 1.82) is 0 Å². The van der Waals surface area contributed by atoms with Gasteiger partial charge in [0.15, 0.2) is 0 Å². The first-order chi connectivity index (χ1) is 13.8. The quantitative estimate of drug-likeness (QED) is 0.725. The smallest absolute Gasteiger partial charge is 0.224 e. The second kappa shape index (κ2) is 7.39. The van der Waals surface area contributed by atoms with Gasteiger partial charge in [-0.15, -0.1) is 0 Å². The maximum Gasteiger partial charge on any atom is 0.224 e. The Morgan fingerprint density at radius 2 is 1.39 bits per heavy atom. The van der Waals surface area contributed by atoms with Gasteiger partial charge in [-0.25, -0.2) is 0 Å². The van der Waals surface area contributed by atoms with E-state index in [0.29, 0.717) is 23.8 Å². The Balaban J connectivity index is 1.57. The van der Waals surface area contributed by atoms with Crippen molar-refractivity contribution in [3.05, 3.63) is 70.8 Å². The van der Waals surface area contributed by atoms with Gasteiger partial charge in [0.05, 0.1) is 5.92 Å². The number of amides is 1. The van der Waals surface area contributed by atoms with E-state index >= 15 is 0 Å². The van der Waals surface area contributed by atoms with Crippen molar-refractivity contribution < 1.29 is 4.79 Å². The number of hydrogen-bond donors (Lipinski definition) is 1. The van der Waals surface area contributed by atoms with Crippen LogP contribution in [0.3, 0.4) is 0 Å². The maximum absolute atomic E-state index is 13.6. The molecule has 2 nitrogen and oxygen atoms in total. The van der Waals surface area contributed by atoms with Gasteiger partial charge in [-0.3, -0.25) is 4.79 Å². The SMILES string of the molecule is CCC[C@@H]1C2c3ccccc3C(c3ccccc32)[C@H]1C(=O)NC1CCCCC1. The Kier molecular flexibility index (Phi) is 4.74. The molecule has 4 aliphatic rings. The van der Waals surface area contributed by atoms with Crippen LogP contribution in [0.15, 0.2) is 48.5 Å². The molecule has 1 saturated carbocycles. The van der Waals surface area contributed by atoms with Crippen LogP contribution in [0.2, 0.25) is 0 Å². The van der Waals surface area contributed by atoms with E-state index in [1.54, 1.807) is 0 Å². The van der Waals surface area contributed by atoms with Crippen LogP contribution in [-0.4, -0.2) is 11.9 Å². The number of hydrogen-bond acceptors (Lipinski definition) is 1. The second-order valence-electron chi connectivity index (χ2n) is 9.04. The van der Waals surface area contributed by atoms with Gasteiger partial charge in [0, 0.05) is 17.9 Å². The van der Waals surface area contributed by atoms with Crippen molar-refractivity contribution in [3.63, 3.8) is 0 Å². The summed E-state index contributed by atoms with van der Waals surface area (Å²) in [5.74, 6) is 1.35. The van der Waals surface area contributed by atoms with Gasteiger partial charge in [-0.05, 0) is 47.4 Å². The van der Waals surface area contributed by atoms with Crippen LogP contribution in [0, 0.1) is 11.8 Å². The zero-order chi connectivity index (χ0) is 19.1. The van der Waals surface area contributed by atoms with Crippen molar-refractivity contribution in [3.8, 4) is 0 Å². The van der Waals surface area contributed by atoms with Gasteiger partial charge in [-0.1, -0.05) is 81.1 Å². The highest BCUT2D eigenvalue weighted by atomic mass is 16.2. The first kappa shape index (κ1) is 18.0. The molecule has 2 aromatic rings. The summed E-state index contributed by atoms with van der Waals surface area (Å²) in [5.41, 5.74) is 5.71. The Labute approximate surface area is 168 Å². The summed E-state index contributed by atoms with van der Waals surface area (Å²) in [4.78, 5) is 13.6. The predicted molar refractivity (Wildman–Crippen MR) is 113 cm³/mol. The highest BCUT2D eigenvalue weighted by Gasteiger charge is 2.51. The molecule has 0 saturated heterocycles. The molecule has 6 rings (SSSR count). The van der Waals surface area contributed by atoms with E-state index < -0.39 is 0 Å². The molecule has 0 aromatic heterocycles. The molecule has 0 spiro atoms. The number of carbonyl (C=O) groups is 1. The lowest BCUT2D eigenvalue weighted by Crippen LogP contribution is -2.50. The minimum atomic E-state index is 0.0664. The Morgan fingerprint density at radius 3 is 1.93 bits per heavy atom. The molecule has 1 amide bonds. The van der Waals surface area contributed by atoms with Gasteiger partial charge < -0.3 is 5.32 Å². The summed E-state index contributed by atoms with van der Waals surface area (Å²) in [7, 11) is 0. The third-order valence-corrected chi connectivity index (χ3v) is 7.46. The molecule has 2 bridgehead atoms. The van der Waals surface area contributed by atoms with E-state index in [1.165, 1.54) is 41.5 Å². The average molecular weight is 374 g/mol. The third kappa shape index (κ3) is 2.80. The molecule has 28 heavy (non-hydrogen) atoms. The van der Waals surface area contributed by atoms with Crippen molar-refractivity contribution in [2.24, 2.45) is 11.8 Å². The van der Waals surface area contributed by atoms with Gasteiger partial charge in [0.2, 0.25) is 5.91 Å². The first-order valence-electron chi connectivity index (χ1n) is 11.3. The van der Waals surface area contributed by atoms with E-state index in [1.807, 2.05) is 0 Å². The molecule has 0 aliphatic heterocycles. The summed E-state index contributed by atoms with van der Waals surface area (Å²) < 4.78 is 0. The Bertz CT molecular complexity index is 819. The Morgan fingerprint density at radius 1 is 0.857 bits per heavy atom. The lowest BCUT2D eigenvalue weighted by Gasteiger charge is -2.50. The number of nitrogens with one attached hydrogen (secondary N) is 1. The fourth-order valence-electron chi connectivity index (χ4n) is 6.36. The predicted octanol–water partition coefficient (Wildman–Crippen LogP) is 5.76. The lowest BCUT2D eigenvalue weighted by atomic mass is 9.53. The van der Waals surface area contributed by atoms with E-state index in [9.17, 15) is 4.79 Å². The largest absolute Gasteiger partial charge is 0.353 e. The van der Waals surface area contributed by atoms with E-state index in [-0.39, 0.29) is 11.8 Å². The molecule has 2 atom stereocenters. The number of benzene rings is 2. The topological polar surface area (TPSA) is 29.1 Å².